The van der Waals surface area contributed by atoms with Crippen LogP contribution in [0.15, 0.2) is 35.3 Å². The van der Waals surface area contributed by atoms with E-state index in [0.717, 1.165) is 18.9 Å². The number of rotatable bonds is 6. The van der Waals surface area contributed by atoms with Crippen LogP contribution in [0.4, 0.5) is 0 Å². The Morgan fingerprint density at radius 1 is 1.28 bits per heavy atom. The standard InChI is InChI=1S/C20H32N4O/c1-14(15-8-6-5-7-9-15)24-20(2,3)13-22-19(21-4)23-17-12-16-10-11-18(17)25-16/h5-9,14,16-18,24H,10-13H2,1-4H3,(H2,21,22,23). The van der Waals surface area contributed by atoms with Gasteiger partial charge in [0, 0.05) is 25.2 Å². The molecule has 2 bridgehead atoms. The van der Waals surface area contributed by atoms with Crippen molar-refractivity contribution in [2.24, 2.45) is 4.99 Å². The fourth-order valence-corrected chi connectivity index (χ4v) is 3.93. The van der Waals surface area contributed by atoms with E-state index in [9.17, 15) is 0 Å². The van der Waals surface area contributed by atoms with Gasteiger partial charge in [0.25, 0.3) is 0 Å². The molecular formula is C20H32N4O. The number of fused-ring (bicyclic) bond motifs is 2. The van der Waals surface area contributed by atoms with Crippen molar-refractivity contribution in [1.29, 1.82) is 0 Å². The molecule has 1 aromatic rings. The van der Waals surface area contributed by atoms with Crippen LogP contribution in [0.2, 0.25) is 0 Å². The van der Waals surface area contributed by atoms with Gasteiger partial charge in [0.05, 0.1) is 18.2 Å². The fraction of sp³-hybridized carbons (Fsp3) is 0.650. The molecule has 3 N–H and O–H groups in total. The minimum absolute atomic E-state index is 0.0575. The van der Waals surface area contributed by atoms with Crippen LogP contribution in [0.3, 0.4) is 0 Å². The maximum absolute atomic E-state index is 5.92. The SMILES string of the molecule is CN=C(NCC(C)(C)NC(C)c1ccccc1)NC1CC2CCC1O2. The van der Waals surface area contributed by atoms with Crippen LogP contribution in [0, 0.1) is 0 Å². The van der Waals surface area contributed by atoms with Gasteiger partial charge >= 0.3 is 0 Å². The van der Waals surface area contributed by atoms with Crippen LogP contribution in [0.1, 0.15) is 51.6 Å². The molecule has 2 aliphatic heterocycles. The lowest BCUT2D eigenvalue weighted by Crippen LogP contribution is -2.54. The summed E-state index contributed by atoms with van der Waals surface area (Å²) in [5.74, 6) is 0.864. The number of hydrogen-bond donors (Lipinski definition) is 3. The summed E-state index contributed by atoms with van der Waals surface area (Å²) < 4.78 is 5.92. The number of guanidine groups is 1. The van der Waals surface area contributed by atoms with E-state index in [1.165, 1.54) is 18.4 Å². The van der Waals surface area contributed by atoms with Gasteiger partial charge in [-0.2, -0.15) is 0 Å². The topological polar surface area (TPSA) is 57.7 Å². The van der Waals surface area contributed by atoms with Crippen molar-refractivity contribution in [3.8, 4) is 0 Å². The van der Waals surface area contributed by atoms with E-state index in [1.54, 1.807) is 0 Å². The first-order chi connectivity index (χ1) is 12.0. The smallest absolute Gasteiger partial charge is 0.191 e. The predicted octanol–water partition coefficient (Wildman–Crippen LogP) is 2.60. The number of aliphatic imine (C=N–C) groups is 1. The zero-order valence-corrected chi connectivity index (χ0v) is 15.9. The van der Waals surface area contributed by atoms with Crippen molar-refractivity contribution in [1.82, 2.24) is 16.0 Å². The summed E-state index contributed by atoms with van der Waals surface area (Å²) in [6, 6.07) is 11.2. The van der Waals surface area contributed by atoms with Crippen molar-refractivity contribution in [3.05, 3.63) is 35.9 Å². The molecule has 5 nitrogen and oxygen atoms in total. The summed E-state index contributed by atoms with van der Waals surface area (Å²) in [4.78, 5) is 4.39. The molecule has 0 radical (unpaired) electrons. The number of hydrogen-bond acceptors (Lipinski definition) is 3. The normalized spacial score (nSPS) is 27.4. The molecule has 4 atom stereocenters. The van der Waals surface area contributed by atoms with Crippen molar-refractivity contribution < 1.29 is 4.74 Å². The molecule has 2 aliphatic rings. The van der Waals surface area contributed by atoms with E-state index < -0.39 is 0 Å². The molecule has 2 fully saturated rings. The van der Waals surface area contributed by atoms with E-state index >= 15 is 0 Å². The molecule has 0 saturated carbocycles. The second-order valence-electron chi connectivity index (χ2n) is 7.95. The van der Waals surface area contributed by atoms with Crippen molar-refractivity contribution in [2.45, 2.75) is 69.9 Å². The summed E-state index contributed by atoms with van der Waals surface area (Å²) in [5, 5.41) is 10.7. The van der Waals surface area contributed by atoms with Crippen molar-refractivity contribution in [2.75, 3.05) is 13.6 Å². The lowest BCUT2D eigenvalue weighted by Gasteiger charge is -2.32. The predicted molar refractivity (Wildman–Crippen MR) is 103 cm³/mol. The highest BCUT2D eigenvalue weighted by Gasteiger charge is 2.41. The van der Waals surface area contributed by atoms with Crippen LogP contribution < -0.4 is 16.0 Å². The highest BCUT2D eigenvalue weighted by Crippen LogP contribution is 2.34. The molecule has 25 heavy (non-hydrogen) atoms. The highest BCUT2D eigenvalue weighted by atomic mass is 16.5. The first-order valence-corrected chi connectivity index (χ1v) is 9.42. The molecule has 2 heterocycles. The third kappa shape index (κ3) is 4.73. The maximum atomic E-state index is 5.92. The van der Waals surface area contributed by atoms with E-state index in [-0.39, 0.29) is 5.54 Å². The van der Waals surface area contributed by atoms with Crippen LogP contribution in [-0.4, -0.2) is 43.3 Å². The highest BCUT2D eigenvalue weighted by molar-refractivity contribution is 5.80. The maximum Gasteiger partial charge on any atom is 0.191 e. The van der Waals surface area contributed by atoms with Crippen molar-refractivity contribution in [3.63, 3.8) is 0 Å². The third-order valence-electron chi connectivity index (χ3n) is 5.26. The number of benzene rings is 1. The molecule has 5 heteroatoms. The lowest BCUT2D eigenvalue weighted by molar-refractivity contribution is 0.0992. The quantitative estimate of drug-likeness (QED) is 0.548. The molecule has 1 aromatic carbocycles. The van der Waals surface area contributed by atoms with E-state index in [0.29, 0.717) is 24.3 Å². The van der Waals surface area contributed by atoms with Gasteiger partial charge in [-0.05, 0) is 45.6 Å². The first kappa shape index (κ1) is 18.2. The average Bonchev–Trinajstić information content (AvgIpc) is 3.22. The Morgan fingerprint density at radius 3 is 2.64 bits per heavy atom. The minimum atomic E-state index is -0.0575. The number of ether oxygens (including phenoxy) is 1. The summed E-state index contributed by atoms with van der Waals surface area (Å²) >= 11 is 0. The largest absolute Gasteiger partial charge is 0.373 e. The van der Waals surface area contributed by atoms with Gasteiger partial charge in [-0.1, -0.05) is 30.3 Å². The summed E-state index contributed by atoms with van der Waals surface area (Å²) in [6.45, 7) is 7.43. The second-order valence-corrected chi connectivity index (χ2v) is 7.95. The molecule has 0 spiro atoms. The molecule has 2 saturated heterocycles. The number of nitrogens with zero attached hydrogens (tertiary/aromatic N) is 1. The minimum Gasteiger partial charge on any atom is -0.373 e. The lowest BCUT2D eigenvalue weighted by atomic mass is 9.96. The van der Waals surface area contributed by atoms with E-state index in [4.69, 9.17) is 4.74 Å². The molecule has 4 unspecified atom stereocenters. The van der Waals surface area contributed by atoms with E-state index in [1.807, 2.05) is 7.05 Å². The van der Waals surface area contributed by atoms with Gasteiger partial charge in [-0.3, -0.25) is 4.99 Å². The molecule has 0 aromatic heterocycles. The second kappa shape index (κ2) is 7.75. The van der Waals surface area contributed by atoms with Gasteiger partial charge in [0.1, 0.15) is 0 Å². The van der Waals surface area contributed by atoms with Gasteiger partial charge in [0.2, 0.25) is 0 Å². The Balaban J connectivity index is 1.48. The Labute approximate surface area is 151 Å². The Kier molecular flexibility index (Phi) is 5.64. The zero-order valence-electron chi connectivity index (χ0n) is 15.9. The summed E-state index contributed by atoms with van der Waals surface area (Å²) in [6.07, 6.45) is 4.28. The fourth-order valence-electron chi connectivity index (χ4n) is 3.93. The summed E-state index contributed by atoms with van der Waals surface area (Å²) in [7, 11) is 1.83. The van der Waals surface area contributed by atoms with Crippen LogP contribution in [0.5, 0.6) is 0 Å². The molecule has 0 aliphatic carbocycles. The number of nitrogens with one attached hydrogen (secondary N) is 3. The van der Waals surface area contributed by atoms with Crippen molar-refractivity contribution >= 4 is 5.96 Å². The first-order valence-electron chi connectivity index (χ1n) is 9.42. The van der Waals surface area contributed by atoms with Gasteiger partial charge < -0.3 is 20.7 Å². The molecular weight excluding hydrogens is 312 g/mol. The van der Waals surface area contributed by atoms with Gasteiger partial charge in [0.15, 0.2) is 5.96 Å². The molecule has 3 rings (SSSR count). The Bertz CT molecular complexity index is 587. The third-order valence-corrected chi connectivity index (χ3v) is 5.26. The summed E-state index contributed by atoms with van der Waals surface area (Å²) in [5.41, 5.74) is 1.25. The van der Waals surface area contributed by atoms with Crippen LogP contribution >= 0.6 is 0 Å². The van der Waals surface area contributed by atoms with Crippen LogP contribution in [0.25, 0.3) is 0 Å². The average molecular weight is 345 g/mol. The van der Waals surface area contributed by atoms with Crippen LogP contribution in [-0.2, 0) is 4.74 Å². The zero-order chi connectivity index (χ0) is 17.9. The van der Waals surface area contributed by atoms with Gasteiger partial charge in [-0.15, -0.1) is 0 Å². The van der Waals surface area contributed by atoms with E-state index in [2.05, 4.69) is 72.0 Å². The monoisotopic (exact) mass is 344 g/mol. The Hall–Kier alpha value is -1.59. The molecule has 138 valence electrons. The Morgan fingerprint density at radius 2 is 2.04 bits per heavy atom. The molecule has 0 amide bonds. The van der Waals surface area contributed by atoms with Gasteiger partial charge in [-0.25, -0.2) is 0 Å².